The number of methoxy groups -OCH3 is 2. The van der Waals surface area contributed by atoms with Crippen LogP contribution in [0.1, 0.15) is 16.1 Å². The van der Waals surface area contributed by atoms with Crippen molar-refractivity contribution in [1.29, 1.82) is 0 Å². The van der Waals surface area contributed by atoms with Gasteiger partial charge in [0.1, 0.15) is 11.6 Å². The monoisotopic (exact) mass is 273 g/mol. The summed E-state index contributed by atoms with van der Waals surface area (Å²) in [7, 11) is 2.93. The lowest BCUT2D eigenvalue weighted by molar-refractivity contribution is 0.0593. The number of hydrogen-bond acceptors (Lipinski definition) is 6. The fourth-order valence-electron chi connectivity index (χ4n) is 1.64. The molecule has 2 rings (SSSR count). The lowest BCUT2D eigenvalue weighted by atomic mass is 10.2. The van der Waals surface area contributed by atoms with Crippen molar-refractivity contribution in [3.8, 4) is 5.75 Å². The molecule has 6 heteroatoms. The van der Waals surface area contributed by atoms with Gasteiger partial charge in [0.2, 0.25) is 0 Å². The van der Waals surface area contributed by atoms with Crippen molar-refractivity contribution in [2.45, 2.75) is 6.92 Å². The summed E-state index contributed by atoms with van der Waals surface area (Å²) in [6, 6.07) is 5.66. The van der Waals surface area contributed by atoms with E-state index in [9.17, 15) is 4.79 Å². The van der Waals surface area contributed by atoms with Gasteiger partial charge in [0.05, 0.1) is 26.6 Å². The van der Waals surface area contributed by atoms with Crippen molar-refractivity contribution in [3.63, 3.8) is 0 Å². The van der Waals surface area contributed by atoms with E-state index < -0.39 is 5.97 Å². The molecule has 0 aliphatic heterocycles. The van der Waals surface area contributed by atoms with Gasteiger partial charge in [-0.3, -0.25) is 0 Å². The van der Waals surface area contributed by atoms with Crippen molar-refractivity contribution in [3.05, 3.63) is 41.9 Å². The van der Waals surface area contributed by atoms with E-state index >= 15 is 0 Å². The molecular weight excluding hydrogens is 258 g/mol. The molecule has 0 saturated carbocycles. The normalized spacial score (nSPS) is 9.95. The summed E-state index contributed by atoms with van der Waals surface area (Å²) in [6.07, 6.45) is 2.85. The quantitative estimate of drug-likeness (QED) is 0.862. The first-order valence-electron chi connectivity index (χ1n) is 5.96. The van der Waals surface area contributed by atoms with Crippen molar-refractivity contribution in [2.24, 2.45) is 0 Å². The van der Waals surface area contributed by atoms with Crippen LogP contribution in [-0.2, 0) is 4.74 Å². The number of rotatable bonds is 4. The molecule has 1 aromatic heterocycles. The van der Waals surface area contributed by atoms with Crippen LogP contribution in [0.25, 0.3) is 0 Å². The zero-order valence-corrected chi connectivity index (χ0v) is 11.5. The van der Waals surface area contributed by atoms with Gasteiger partial charge in [-0.2, -0.15) is 0 Å². The van der Waals surface area contributed by atoms with Gasteiger partial charge < -0.3 is 14.8 Å². The molecule has 0 radical (unpaired) electrons. The van der Waals surface area contributed by atoms with Gasteiger partial charge in [0, 0.05) is 5.69 Å². The molecule has 1 N–H and O–H groups in total. The molecule has 2 aromatic rings. The minimum absolute atomic E-state index is 0.171. The number of anilines is 2. The van der Waals surface area contributed by atoms with Crippen LogP contribution in [0.15, 0.2) is 30.6 Å². The molecule has 6 nitrogen and oxygen atoms in total. The maximum atomic E-state index is 11.2. The molecule has 0 bridgehead atoms. The molecule has 20 heavy (non-hydrogen) atoms. The van der Waals surface area contributed by atoms with Crippen LogP contribution >= 0.6 is 0 Å². The van der Waals surface area contributed by atoms with E-state index in [-0.39, 0.29) is 5.69 Å². The second kappa shape index (κ2) is 6.01. The Labute approximate surface area is 116 Å². The lowest BCUT2D eigenvalue weighted by Crippen LogP contribution is -2.06. The van der Waals surface area contributed by atoms with E-state index in [2.05, 4.69) is 20.0 Å². The van der Waals surface area contributed by atoms with Crippen LogP contribution in [0.4, 0.5) is 11.5 Å². The molecule has 0 atom stereocenters. The predicted octanol–water partition coefficient (Wildman–Crippen LogP) is 2.32. The number of hydrogen-bond donors (Lipinski definition) is 1. The minimum atomic E-state index is -0.510. The highest BCUT2D eigenvalue weighted by molar-refractivity contribution is 5.86. The second-order valence-electron chi connectivity index (χ2n) is 4.08. The zero-order chi connectivity index (χ0) is 14.5. The highest BCUT2D eigenvalue weighted by Crippen LogP contribution is 2.23. The zero-order valence-electron chi connectivity index (χ0n) is 11.5. The topological polar surface area (TPSA) is 73.3 Å². The number of benzene rings is 1. The lowest BCUT2D eigenvalue weighted by Gasteiger charge is -2.10. The van der Waals surface area contributed by atoms with Crippen LogP contribution in [0.2, 0.25) is 0 Å². The Morgan fingerprint density at radius 3 is 2.55 bits per heavy atom. The van der Waals surface area contributed by atoms with Gasteiger partial charge in [0.15, 0.2) is 5.69 Å². The molecule has 0 amide bonds. The Balaban J connectivity index is 2.16. The van der Waals surface area contributed by atoms with Crippen LogP contribution in [0.5, 0.6) is 5.75 Å². The molecule has 1 aromatic carbocycles. The number of ether oxygens (including phenoxy) is 2. The Morgan fingerprint density at radius 1 is 1.20 bits per heavy atom. The Bertz CT molecular complexity index is 612. The molecule has 0 saturated heterocycles. The number of carbonyl (C=O) groups excluding carboxylic acids is 1. The first kappa shape index (κ1) is 13.8. The summed E-state index contributed by atoms with van der Waals surface area (Å²) < 4.78 is 9.71. The summed E-state index contributed by atoms with van der Waals surface area (Å²) >= 11 is 0. The standard InChI is InChI=1S/C14H15N3O3/c1-9-6-10(19-2)4-5-11(9)17-13-8-15-12(7-16-13)14(18)20-3/h4-8H,1-3H3,(H,16,17). The van der Waals surface area contributed by atoms with Gasteiger partial charge in [0.25, 0.3) is 0 Å². The van der Waals surface area contributed by atoms with Gasteiger partial charge in [-0.05, 0) is 30.7 Å². The highest BCUT2D eigenvalue weighted by atomic mass is 16.5. The third-order valence-corrected chi connectivity index (χ3v) is 2.74. The molecule has 104 valence electrons. The predicted molar refractivity (Wildman–Crippen MR) is 74.4 cm³/mol. The SMILES string of the molecule is COC(=O)c1cnc(Nc2ccc(OC)cc2C)cn1. The van der Waals surface area contributed by atoms with E-state index in [0.717, 1.165) is 17.0 Å². The number of aryl methyl sites for hydroxylation is 1. The van der Waals surface area contributed by atoms with Crippen molar-refractivity contribution in [1.82, 2.24) is 9.97 Å². The maximum Gasteiger partial charge on any atom is 0.358 e. The molecule has 0 spiro atoms. The van der Waals surface area contributed by atoms with Crippen molar-refractivity contribution < 1.29 is 14.3 Å². The van der Waals surface area contributed by atoms with E-state index in [0.29, 0.717) is 5.82 Å². The Hall–Kier alpha value is -2.63. The van der Waals surface area contributed by atoms with Gasteiger partial charge in [-0.1, -0.05) is 0 Å². The highest BCUT2D eigenvalue weighted by Gasteiger charge is 2.08. The Kier molecular flexibility index (Phi) is 4.14. The summed E-state index contributed by atoms with van der Waals surface area (Å²) in [5, 5.41) is 3.13. The number of aromatic nitrogens is 2. The maximum absolute atomic E-state index is 11.2. The smallest absolute Gasteiger partial charge is 0.358 e. The van der Waals surface area contributed by atoms with E-state index in [1.165, 1.54) is 19.5 Å². The van der Waals surface area contributed by atoms with Crippen molar-refractivity contribution >= 4 is 17.5 Å². The molecular formula is C14H15N3O3. The fraction of sp³-hybridized carbons (Fsp3) is 0.214. The summed E-state index contributed by atoms with van der Waals surface area (Å²) in [4.78, 5) is 19.4. The largest absolute Gasteiger partial charge is 0.497 e. The van der Waals surface area contributed by atoms with Gasteiger partial charge in [-0.15, -0.1) is 0 Å². The molecule has 1 heterocycles. The van der Waals surface area contributed by atoms with Gasteiger partial charge in [-0.25, -0.2) is 14.8 Å². The third kappa shape index (κ3) is 3.03. The first-order chi connectivity index (χ1) is 9.63. The summed E-state index contributed by atoms with van der Waals surface area (Å²) in [5.41, 5.74) is 2.08. The number of nitrogens with one attached hydrogen (secondary N) is 1. The third-order valence-electron chi connectivity index (χ3n) is 2.74. The summed E-state index contributed by atoms with van der Waals surface area (Å²) in [5.74, 6) is 0.829. The molecule has 0 unspecified atom stereocenters. The molecule has 0 aliphatic carbocycles. The Morgan fingerprint density at radius 2 is 2.00 bits per heavy atom. The fourth-order valence-corrected chi connectivity index (χ4v) is 1.64. The minimum Gasteiger partial charge on any atom is -0.497 e. The molecule has 0 fully saturated rings. The van der Waals surface area contributed by atoms with Crippen LogP contribution in [-0.4, -0.2) is 30.2 Å². The van der Waals surface area contributed by atoms with Crippen LogP contribution < -0.4 is 10.1 Å². The van der Waals surface area contributed by atoms with Crippen LogP contribution in [0.3, 0.4) is 0 Å². The van der Waals surface area contributed by atoms with Gasteiger partial charge >= 0.3 is 5.97 Å². The number of nitrogens with zero attached hydrogens (tertiary/aromatic N) is 2. The van der Waals surface area contributed by atoms with E-state index in [4.69, 9.17) is 4.74 Å². The van der Waals surface area contributed by atoms with E-state index in [1.807, 2.05) is 25.1 Å². The van der Waals surface area contributed by atoms with E-state index in [1.54, 1.807) is 7.11 Å². The average Bonchev–Trinajstić information content (AvgIpc) is 2.49. The van der Waals surface area contributed by atoms with Crippen molar-refractivity contribution in [2.75, 3.05) is 19.5 Å². The average molecular weight is 273 g/mol. The molecule has 0 aliphatic rings. The van der Waals surface area contributed by atoms with Crippen LogP contribution in [0, 0.1) is 6.92 Å². The number of carbonyl (C=O) groups is 1. The second-order valence-corrected chi connectivity index (χ2v) is 4.08. The number of esters is 1. The first-order valence-corrected chi connectivity index (χ1v) is 5.96. The summed E-state index contributed by atoms with van der Waals surface area (Å²) in [6.45, 7) is 1.96.